The number of fused-ring (bicyclic) bond motifs is 7. The smallest absolute Gasteiger partial charge is 0.0594 e. The van der Waals surface area contributed by atoms with Crippen molar-refractivity contribution in [2.75, 3.05) is 0 Å². The molecule has 0 amide bonds. The summed E-state index contributed by atoms with van der Waals surface area (Å²) in [6, 6.07) is 0. The van der Waals surface area contributed by atoms with Gasteiger partial charge in [0.15, 0.2) is 0 Å². The largest absolute Gasteiger partial charge is 0.393 e. The highest BCUT2D eigenvalue weighted by atomic mass is 16.3. The first-order valence-corrected chi connectivity index (χ1v) is 13.6. The molecule has 8 atom stereocenters. The lowest BCUT2D eigenvalue weighted by Crippen LogP contribution is -2.63. The molecule has 0 unspecified atom stereocenters. The third-order valence-electron chi connectivity index (χ3n) is 12.7. The number of aliphatic hydroxyl groups excluding tert-OH is 1. The number of hydrogen-bond acceptors (Lipinski definition) is 1. The highest BCUT2D eigenvalue weighted by Gasteiger charge is 2.66. The van der Waals surface area contributed by atoms with E-state index in [1.165, 1.54) is 57.8 Å². The van der Waals surface area contributed by atoms with Crippen molar-refractivity contribution in [2.24, 2.45) is 50.2 Å². The molecule has 176 valence electrons. The maximum Gasteiger partial charge on any atom is 0.0594 e. The Kier molecular flexibility index (Phi) is 4.66. The molecule has 31 heavy (non-hydrogen) atoms. The van der Waals surface area contributed by atoms with E-state index in [0.717, 1.165) is 18.3 Å². The van der Waals surface area contributed by atoms with Gasteiger partial charge in [-0.25, -0.2) is 0 Å². The normalized spacial score (nSPS) is 55.2. The fourth-order valence-corrected chi connectivity index (χ4v) is 10.8. The lowest BCUT2D eigenvalue weighted by atomic mass is 9.35. The van der Waals surface area contributed by atoms with E-state index >= 15 is 0 Å². The first kappa shape index (κ1) is 22.5. The maximum atomic E-state index is 10.9. The third kappa shape index (κ3) is 2.83. The minimum Gasteiger partial charge on any atom is -0.393 e. The summed E-state index contributed by atoms with van der Waals surface area (Å²) in [6.07, 6.45) is 15.8. The van der Waals surface area contributed by atoms with E-state index in [2.05, 4.69) is 61.5 Å². The zero-order valence-corrected chi connectivity index (χ0v) is 21.9. The Hall–Kier alpha value is -0.300. The van der Waals surface area contributed by atoms with Crippen LogP contribution in [0.2, 0.25) is 0 Å². The van der Waals surface area contributed by atoms with Crippen LogP contribution in [-0.4, -0.2) is 11.2 Å². The molecule has 0 heterocycles. The number of aliphatic hydroxyl groups is 1. The second kappa shape index (κ2) is 6.43. The van der Waals surface area contributed by atoms with E-state index in [1.54, 1.807) is 0 Å². The van der Waals surface area contributed by atoms with E-state index in [0.29, 0.717) is 33.0 Å². The molecule has 5 rings (SSSR count). The summed E-state index contributed by atoms with van der Waals surface area (Å²) in [7, 11) is 0. The molecule has 0 aliphatic heterocycles. The van der Waals surface area contributed by atoms with Gasteiger partial charge in [0, 0.05) is 0 Å². The first-order valence-electron chi connectivity index (χ1n) is 13.6. The average Bonchev–Trinajstić information content (AvgIpc) is 2.66. The van der Waals surface area contributed by atoms with Crippen LogP contribution < -0.4 is 0 Å². The minimum atomic E-state index is -0.122. The lowest BCUT2D eigenvalue weighted by Gasteiger charge is -2.70. The van der Waals surface area contributed by atoms with Gasteiger partial charge in [-0.05, 0) is 114 Å². The fraction of sp³-hybridized carbons (Fsp3) is 0.933. The van der Waals surface area contributed by atoms with Crippen molar-refractivity contribution in [3.05, 3.63) is 11.6 Å². The molecule has 0 radical (unpaired) electrons. The van der Waals surface area contributed by atoms with Gasteiger partial charge in [-0.15, -0.1) is 0 Å². The third-order valence-corrected chi connectivity index (χ3v) is 12.7. The van der Waals surface area contributed by atoms with Crippen LogP contribution in [0.5, 0.6) is 0 Å². The van der Waals surface area contributed by atoms with E-state index in [9.17, 15) is 5.11 Å². The van der Waals surface area contributed by atoms with Crippen LogP contribution in [0.15, 0.2) is 11.6 Å². The number of allylic oxidation sites excluding steroid dienone is 2. The Morgan fingerprint density at radius 1 is 0.710 bits per heavy atom. The Morgan fingerprint density at radius 2 is 1.32 bits per heavy atom. The van der Waals surface area contributed by atoms with Crippen LogP contribution >= 0.6 is 0 Å². The van der Waals surface area contributed by atoms with E-state index in [1.807, 2.05) is 5.57 Å². The molecule has 5 aliphatic rings. The topological polar surface area (TPSA) is 20.2 Å². The predicted molar refractivity (Wildman–Crippen MR) is 131 cm³/mol. The van der Waals surface area contributed by atoms with Gasteiger partial charge in [-0.2, -0.15) is 0 Å². The summed E-state index contributed by atoms with van der Waals surface area (Å²) in [5.41, 5.74) is 4.07. The van der Waals surface area contributed by atoms with Crippen LogP contribution in [0.25, 0.3) is 0 Å². The Balaban J connectivity index is 1.56. The standard InChI is InChI=1S/C30H50O/c1-25(2)17-18-27(5)13-9-21-29(7)14-10-20-26(3,4)24(31)12-16-28(20,6)22(29)11-15-30(21,8)23(27)19-25/h9,20,22-24,31H,10-19H2,1-8H3/t20-,22+,23-,24-,27+,28-,29+,30+/m1/s1. The van der Waals surface area contributed by atoms with E-state index in [4.69, 9.17) is 0 Å². The minimum absolute atomic E-state index is 0.0575. The molecule has 4 fully saturated rings. The number of rotatable bonds is 0. The molecular formula is C30H50O. The molecule has 0 aromatic carbocycles. The number of hydrogen-bond donors (Lipinski definition) is 1. The second-order valence-corrected chi connectivity index (χ2v) is 15.3. The van der Waals surface area contributed by atoms with Crippen molar-refractivity contribution in [1.82, 2.24) is 0 Å². The van der Waals surface area contributed by atoms with Gasteiger partial charge < -0.3 is 5.11 Å². The fourth-order valence-electron chi connectivity index (χ4n) is 10.8. The van der Waals surface area contributed by atoms with Gasteiger partial charge in [0.2, 0.25) is 0 Å². The second-order valence-electron chi connectivity index (χ2n) is 15.3. The van der Waals surface area contributed by atoms with Gasteiger partial charge in [0.25, 0.3) is 0 Å². The van der Waals surface area contributed by atoms with Crippen molar-refractivity contribution >= 4 is 0 Å². The van der Waals surface area contributed by atoms with Crippen LogP contribution in [0.4, 0.5) is 0 Å². The zero-order chi connectivity index (χ0) is 22.7. The highest BCUT2D eigenvalue weighted by Crippen LogP contribution is 2.74. The maximum absolute atomic E-state index is 10.9. The summed E-state index contributed by atoms with van der Waals surface area (Å²) < 4.78 is 0. The quantitative estimate of drug-likeness (QED) is 0.387. The van der Waals surface area contributed by atoms with Crippen molar-refractivity contribution in [2.45, 2.75) is 126 Å². The van der Waals surface area contributed by atoms with Crippen molar-refractivity contribution < 1.29 is 5.11 Å². The summed E-state index contributed by atoms with van der Waals surface area (Å²) >= 11 is 0. The summed E-state index contributed by atoms with van der Waals surface area (Å²) in [4.78, 5) is 0. The van der Waals surface area contributed by atoms with Gasteiger partial charge >= 0.3 is 0 Å². The Morgan fingerprint density at radius 3 is 2.00 bits per heavy atom. The van der Waals surface area contributed by atoms with Crippen molar-refractivity contribution in [1.29, 1.82) is 0 Å². The molecule has 5 aliphatic carbocycles. The molecule has 1 N–H and O–H groups in total. The lowest BCUT2D eigenvalue weighted by molar-refractivity contribution is -0.184. The van der Waals surface area contributed by atoms with Gasteiger partial charge in [-0.3, -0.25) is 0 Å². The molecule has 0 aromatic heterocycles. The van der Waals surface area contributed by atoms with Crippen molar-refractivity contribution in [3.63, 3.8) is 0 Å². The summed E-state index contributed by atoms with van der Waals surface area (Å²) in [5, 5.41) is 10.9. The molecule has 0 aromatic rings. The van der Waals surface area contributed by atoms with Crippen LogP contribution in [0, 0.1) is 50.2 Å². The van der Waals surface area contributed by atoms with Crippen LogP contribution in [-0.2, 0) is 0 Å². The first-order chi connectivity index (χ1) is 14.2. The predicted octanol–water partition coefficient (Wildman–Crippen LogP) is 8.17. The summed E-state index contributed by atoms with van der Waals surface area (Å²) in [6.45, 7) is 20.4. The van der Waals surface area contributed by atoms with Crippen LogP contribution in [0.1, 0.15) is 120 Å². The van der Waals surface area contributed by atoms with E-state index in [-0.39, 0.29) is 11.5 Å². The molecule has 1 nitrogen and oxygen atoms in total. The van der Waals surface area contributed by atoms with E-state index < -0.39 is 0 Å². The zero-order valence-electron chi connectivity index (χ0n) is 21.9. The molecule has 1 heteroatoms. The molecule has 0 saturated heterocycles. The SMILES string of the molecule is CC1(C)CC[C@]2(C)CC=C3[C@](C)(CC[C@H]4[C@]5(C)CC[C@@H](O)C(C)(C)[C@H]5CC[C@@]34C)[C@@H]2C1. The Labute approximate surface area is 192 Å². The summed E-state index contributed by atoms with van der Waals surface area (Å²) in [5.74, 6) is 2.29. The van der Waals surface area contributed by atoms with Gasteiger partial charge in [-0.1, -0.05) is 67.0 Å². The Bertz CT molecular complexity index is 790. The molecule has 0 spiro atoms. The monoisotopic (exact) mass is 426 g/mol. The van der Waals surface area contributed by atoms with Crippen molar-refractivity contribution in [3.8, 4) is 0 Å². The highest BCUT2D eigenvalue weighted by molar-refractivity contribution is 5.34. The van der Waals surface area contributed by atoms with Gasteiger partial charge in [0.05, 0.1) is 6.10 Å². The molecule has 0 bridgehead atoms. The molecule has 4 saturated carbocycles. The van der Waals surface area contributed by atoms with Crippen LogP contribution in [0.3, 0.4) is 0 Å². The average molecular weight is 427 g/mol. The molecular weight excluding hydrogens is 376 g/mol. The van der Waals surface area contributed by atoms with Gasteiger partial charge in [0.1, 0.15) is 0 Å².